The average molecular weight is 153 g/mol. The molecule has 1 aromatic rings. The van der Waals surface area contributed by atoms with E-state index in [1.165, 1.54) is 0 Å². The molecule has 60 valence electrons. The van der Waals surface area contributed by atoms with Crippen LogP contribution in [0.5, 0.6) is 5.88 Å². The Balaban J connectivity index is 3.06. The molecule has 0 aliphatic heterocycles. The van der Waals surface area contributed by atoms with E-state index < -0.39 is 0 Å². The SMILES string of the molecule is COc1nc(C)ccc1NN. The van der Waals surface area contributed by atoms with E-state index in [0.29, 0.717) is 11.6 Å². The van der Waals surface area contributed by atoms with Crippen molar-refractivity contribution >= 4 is 5.69 Å². The smallest absolute Gasteiger partial charge is 0.238 e. The molecule has 1 aromatic heterocycles. The zero-order chi connectivity index (χ0) is 8.27. The molecule has 3 N–H and O–H groups in total. The van der Waals surface area contributed by atoms with Gasteiger partial charge in [0.15, 0.2) is 0 Å². The second-order valence-corrected chi connectivity index (χ2v) is 2.15. The van der Waals surface area contributed by atoms with Gasteiger partial charge in [-0.25, -0.2) is 4.98 Å². The van der Waals surface area contributed by atoms with Crippen molar-refractivity contribution in [3.63, 3.8) is 0 Å². The van der Waals surface area contributed by atoms with E-state index >= 15 is 0 Å². The summed E-state index contributed by atoms with van der Waals surface area (Å²) in [5.74, 6) is 5.73. The number of anilines is 1. The molecule has 0 amide bonds. The molecule has 0 aliphatic rings. The van der Waals surface area contributed by atoms with Gasteiger partial charge >= 0.3 is 0 Å². The molecule has 0 bridgehead atoms. The lowest BCUT2D eigenvalue weighted by atomic mass is 10.3. The summed E-state index contributed by atoms with van der Waals surface area (Å²) in [7, 11) is 1.56. The maximum atomic E-state index is 5.21. The number of ether oxygens (including phenoxy) is 1. The van der Waals surface area contributed by atoms with Gasteiger partial charge in [0.25, 0.3) is 0 Å². The van der Waals surface area contributed by atoms with Crippen molar-refractivity contribution in [2.24, 2.45) is 5.84 Å². The van der Waals surface area contributed by atoms with Crippen LogP contribution in [0.3, 0.4) is 0 Å². The second-order valence-electron chi connectivity index (χ2n) is 2.15. The minimum atomic E-state index is 0.521. The Morgan fingerprint density at radius 2 is 2.27 bits per heavy atom. The normalized spacial score (nSPS) is 9.36. The standard InChI is InChI=1S/C7H11N3O/c1-5-3-4-6(10-8)7(9-5)11-2/h3-4,10H,8H2,1-2H3. The van der Waals surface area contributed by atoms with Crippen LogP contribution in [0.15, 0.2) is 12.1 Å². The number of aryl methyl sites for hydroxylation is 1. The molecule has 0 radical (unpaired) electrons. The number of nitrogens with zero attached hydrogens (tertiary/aromatic N) is 1. The highest BCUT2D eigenvalue weighted by Gasteiger charge is 2.00. The van der Waals surface area contributed by atoms with Crippen LogP contribution in [0, 0.1) is 6.92 Å². The molecule has 0 aromatic carbocycles. The lowest BCUT2D eigenvalue weighted by molar-refractivity contribution is 0.399. The van der Waals surface area contributed by atoms with Crippen LogP contribution < -0.4 is 16.0 Å². The number of pyridine rings is 1. The zero-order valence-electron chi connectivity index (χ0n) is 6.59. The molecule has 1 rings (SSSR count). The van der Waals surface area contributed by atoms with E-state index in [9.17, 15) is 0 Å². The third kappa shape index (κ3) is 1.59. The topological polar surface area (TPSA) is 60.2 Å². The largest absolute Gasteiger partial charge is 0.479 e. The Bertz CT molecular complexity index is 249. The molecule has 4 nitrogen and oxygen atoms in total. The van der Waals surface area contributed by atoms with Gasteiger partial charge in [-0.3, -0.25) is 5.84 Å². The molecule has 0 atom stereocenters. The quantitative estimate of drug-likeness (QED) is 0.484. The molecule has 1 heterocycles. The van der Waals surface area contributed by atoms with Crippen molar-refractivity contribution in [3.8, 4) is 5.88 Å². The molecule has 0 saturated heterocycles. The molecule has 0 saturated carbocycles. The summed E-state index contributed by atoms with van der Waals surface area (Å²) in [5, 5.41) is 0. The number of hydrazine groups is 1. The van der Waals surface area contributed by atoms with Crippen molar-refractivity contribution in [1.82, 2.24) is 4.98 Å². The number of hydrogen-bond donors (Lipinski definition) is 2. The number of methoxy groups -OCH3 is 1. The summed E-state index contributed by atoms with van der Waals surface area (Å²) < 4.78 is 4.96. The van der Waals surface area contributed by atoms with Gasteiger partial charge in [-0.1, -0.05) is 0 Å². The van der Waals surface area contributed by atoms with Gasteiger partial charge < -0.3 is 10.2 Å². The first-order valence-electron chi connectivity index (χ1n) is 3.26. The summed E-state index contributed by atoms with van der Waals surface area (Å²) in [5.41, 5.74) is 4.08. The number of nitrogen functional groups attached to an aromatic ring is 1. The molecule has 0 spiro atoms. The van der Waals surface area contributed by atoms with Crippen LogP contribution in [0.1, 0.15) is 5.69 Å². The number of rotatable bonds is 2. The van der Waals surface area contributed by atoms with E-state index in [2.05, 4.69) is 10.4 Å². The Labute approximate surface area is 65.4 Å². The Morgan fingerprint density at radius 1 is 1.55 bits per heavy atom. The fraction of sp³-hybridized carbons (Fsp3) is 0.286. The maximum absolute atomic E-state index is 5.21. The number of aromatic nitrogens is 1. The first kappa shape index (κ1) is 7.81. The van der Waals surface area contributed by atoms with Gasteiger partial charge in [-0.15, -0.1) is 0 Å². The summed E-state index contributed by atoms with van der Waals surface area (Å²) in [6, 6.07) is 3.68. The molecule has 0 aliphatic carbocycles. The minimum absolute atomic E-state index is 0.521. The van der Waals surface area contributed by atoms with Gasteiger partial charge in [-0.05, 0) is 19.1 Å². The maximum Gasteiger partial charge on any atom is 0.238 e. The second kappa shape index (κ2) is 3.21. The van der Waals surface area contributed by atoms with Crippen molar-refractivity contribution < 1.29 is 4.74 Å². The van der Waals surface area contributed by atoms with E-state index in [4.69, 9.17) is 10.6 Å². The van der Waals surface area contributed by atoms with Gasteiger partial charge in [0, 0.05) is 5.69 Å². The van der Waals surface area contributed by atoms with E-state index in [1.54, 1.807) is 7.11 Å². The van der Waals surface area contributed by atoms with Crippen molar-refractivity contribution in [3.05, 3.63) is 17.8 Å². The van der Waals surface area contributed by atoms with Crippen LogP contribution in [0.2, 0.25) is 0 Å². The third-order valence-electron chi connectivity index (χ3n) is 1.35. The van der Waals surface area contributed by atoms with Crippen LogP contribution in [0.25, 0.3) is 0 Å². The predicted molar refractivity (Wildman–Crippen MR) is 43.3 cm³/mol. The number of nitrogens with one attached hydrogen (secondary N) is 1. The lowest BCUT2D eigenvalue weighted by Crippen LogP contribution is -2.09. The highest BCUT2D eigenvalue weighted by molar-refractivity contribution is 5.51. The zero-order valence-corrected chi connectivity index (χ0v) is 6.59. The van der Waals surface area contributed by atoms with Crippen LogP contribution in [-0.4, -0.2) is 12.1 Å². The van der Waals surface area contributed by atoms with Gasteiger partial charge in [0.1, 0.15) is 5.69 Å². The van der Waals surface area contributed by atoms with Crippen LogP contribution >= 0.6 is 0 Å². The Kier molecular flexibility index (Phi) is 2.28. The third-order valence-corrected chi connectivity index (χ3v) is 1.35. The van der Waals surface area contributed by atoms with Crippen molar-refractivity contribution in [2.45, 2.75) is 6.92 Å². The average Bonchev–Trinajstić information content (AvgIpc) is 2.04. The molecule has 0 fully saturated rings. The molecule has 11 heavy (non-hydrogen) atoms. The summed E-state index contributed by atoms with van der Waals surface area (Å²) in [6.45, 7) is 1.89. The predicted octanol–water partition coefficient (Wildman–Crippen LogP) is 0.684. The highest BCUT2D eigenvalue weighted by atomic mass is 16.5. The fourth-order valence-corrected chi connectivity index (χ4v) is 0.798. The van der Waals surface area contributed by atoms with Gasteiger partial charge in [0.05, 0.1) is 7.11 Å². The monoisotopic (exact) mass is 153 g/mol. The van der Waals surface area contributed by atoms with Gasteiger partial charge in [-0.2, -0.15) is 0 Å². The molecular weight excluding hydrogens is 142 g/mol. The summed E-state index contributed by atoms with van der Waals surface area (Å²) in [4.78, 5) is 4.10. The Hall–Kier alpha value is -1.29. The minimum Gasteiger partial charge on any atom is -0.479 e. The first-order chi connectivity index (χ1) is 5.27. The summed E-state index contributed by atoms with van der Waals surface area (Å²) in [6.07, 6.45) is 0. The number of hydrogen-bond acceptors (Lipinski definition) is 4. The number of nitrogens with two attached hydrogens (primary N) is 1. The van der Waals surface area contributed by atoms with Crippen molar-refractivity contribution in [1.29, 1.82) is 0 Å². The first-order valence-corrected chi connectivity index (χ1v) is 3.26. The molecule has 4 heteroatoms. The fourth-order valence-electron chi connectivity index (χ4n) is 0.798. The van der Waals surface area contributed by atoms with E-state index in [1.807, 2.05) is 19.1 Å². The Morgan fingerprint density at radius 3 is 2.82 bits per heavy atom. The van der Waals surface area contributed by atoms with Crippen LogP contribution in [0.4, 0.5) is 5.69 Å². The van der Waals surface area contributed by atoms with Crippen molar-refractivity contribution in [2.75, 3.05) is 12.5 Å². The van der Waals surface area contributed by atoms with Crippen LogP contribution in [-0.2, 0) is 0 Å². The highest BCUT2D eigenvalue weighted by Crippen LogP contribution is 2.19. The van der Waals surface area contributed by atoms with Gasteiger partial charge in [0.2, 0.25) is 5.88 Å². The summed E-state index contributed by atoms with van der Waals surface area (Å²) >= 11 is 0. The van der Waals surface area contributed by atoms with E-state index in [0.717, 1.165) is 5.69 Å². The molecular formula is C7H11N3O. The molecule has 0 unspecified atom stereocenters. The lowest BCUT2D eigenvalue weighted by Gasteiger charge is -2.05. The van der Waals surface area contributed by atoms with E-state index in [-0.39, 0.29) is 0 Å².